The molecule has 9 heteroatoms. The predicted octanol–water partition coefficient (Wildman–Crippen LogP) is 0.120. The minimum atomic E-state index is -0.0992. The average molecular weight is 356 g/mol. The Kier molecular flexibility index (Phi) is 4.27. The van der Waals surface area contributed by atoms with Gasteiger partial charge in [0.15, 0.2) is 6.61 Å². The van der Waals surface area contributed by atoms with E-state index in [2.05, 4.69) is 15.5 Å². The number of hydrogen-bond acceptors (Lipinski definition) is 6. The van der Waals surface area contributed by atoms with Crippen molar-refractivity contribution >= 4 is 11.8 Å². The average Bonchev–Trinajstić information content (AvgIpc) is 3.07. The van der Waals surface area contributed by atoms with E-state index in [1.165, 1.54) is 11.0 Å². The van der Waals surface area contributed by atoms with E-state index in [9.17, 15) is 9.59 Å². The van der Waals surface area contributed by atoms with Crippen molar-refractivity contribution in [3.05, 3.63) is 30.6 Å². The van der Waals surface area contributed by atoms with Crippen LogP contribution in [0.5, 0.6) is 5.75 Å². The molecule has 0 unspecified atom stereocenters. The molecule has 2 bridgehead atoms. The van der Waals surface area contributed by atoms with Gasteiger partial charge in [0.1, 0.15) is 12.1 Å². The highest BCUT2D eigenvalue weighted by Crippen LogP contribution is 2.28. The zero-order chi connectivity index (χ0) is 18.1. The third-order valence-corrected chi connectivity index (χ3v) is 5.11. The summed E-state index contributed by atoms with van der Waals surface area (Å²) in [7, 11) is 1.83. The van der Waals surface area contributed by atoms with E-state index in [4.69, 9.17) is 4.74 Å². The van der Waals surface area contributed by atoms with Crippen molar-refractivity contribution in [3.63, 3.8) is 0 Å². The number of carbonyl (C=O) groups excluding carboxylic acids is 2. The van der Waals surface area contributed by atoms with Crippen LogP contribution < -0.4 is 4.74 Å². The van der Waals surface area contributed by atoms with E-state index in [-0.39, 0.29) is 30.4 Å². The normalized spacial score (nSPS) is 22.4. The van der Waals surface area contributed by atoms with Crippen molar-refractivity contribution in [2.24, 2.45) is 5.92 Å². The van der Waals surface area contributed by atoms with Crippen LogP contribution in [-0.2, 0) is 9.59 Å². The molecule has 2 amide bonds. The fourth-order valence-corrected chi connectivity index (χ4v) is 3.59. The fourth-order valence-electron chi connectivity index (χ4n) is 3.59. The topological polar surface area (TPSA) is 93.5 Å². The molecule has 9 nitrogen and oxygen atoms in total. The lowest BCUT2D eigenvalue weighted by Crippen LogP contribution is -2.45. The van der Waals surface area contributed by atoms with E-state index < -0.39 is 0 Å². The van der Waals surface area contributed by atoms with Gasteiger partial charge in [-0.25, -0.2) is 4.68 Å². The van der Waals surface area contributed by atoms with Gasteiger partial charge in [0.2, 0.25) is 5.91 Å². The smallest absolute Gasteiger partial charge is 0.260 e. The fraction of sp³-hybridized carbons (Fsp3) is 0.471. The molecule has 0 aliphatic carbocycles. The standard InChI is InChI=1S/C17H20N6O3/c1-21-14-6-5-12(17(21)25)8-22(9-14)16(24)10-26-15-4-2-3-13(7-15)23-11-18-19-20-23/h2-4,7,11-12,14H,5-6,8-10H2,1H3/t12-,14+/m0/s1. The van der Waals surface area contributed by atoms with Crippen molar-refractivity contribution in [3.8, 4) is 11.4 Å². The minimum absolute atomic E-state index is 0.0591. The molecule has 3 aliphatic rings. The molecule has 2 aromatic rings. The van der Waals surface area contributed by atoms with Crippen molar-refractivity contribution in [1.82, 2.24) is 30.0 Å². The Balaban J connectivity index is 1.40. The molecule has 136 valence electrons. The number of carbonyl (C=O) groups is 2. The number of fused-ring (bicyclic) bond motifs is 4. The number of hydrogen-bond donors (Lipinski definition) is 0. The predicted molar refractivity (Wildman–Crippen MR) is 90.5 cm³/mol. The molecule has 3 aliphatic heterocycles. The lowest BCUT2D eigenvalue weighted by Gasteiger charge is -2.32. The number of piperidine rings is 1. The molecule has 3 saturated heterocycles. The van der Waals surface area contributed by atoms with Gasteiger partial charge in [-0.1, -0.05) is 6.07 Å². The summed E-state index contributed by atoms with van der Waals surface area (Å²) in [4.78, 5) is 28.4. The molecule has 0 saturated carbocycles. The Morgan fingerprint density at radius 2 is 2.19 bits per heavy atom. The van der Waals surface area contributed by atoms with Crippen LogP contribution in [0.2, 0.25) is 0 Å². The highest BCUT2D eigenvalue weighted by molar-refractivity contribution is 5.83. The van der Waals surface area contributed by atoms with E-state index in [0.29, 0.717) is 18.8 Å². The van der Waals surface area contributed by atoms with Gasteiger partial charge >= 0.3 is 0 Å². The van der Waals surface area contributed by atoms with Crippen molar-refractivity contribution < 1.29 is 14.3 Å². The van der Waals surface area contributed by atoms with Crippen LogP contribution >= 0.6 is 0 Å². The Morgan fingerprint density at radius 3 is 3.00 bits per heavy atom. The van der Waals surface area contributed by atoms with Crippen LogP contribution in [0, 0.1) is 5.92 Å². The van der Waals surface area contributed by atoms with Gasteiger partial charge in [0, 0.05) is 32.2 Å². The number of amides is 2. The Hall–Kier alpha value is -2.97. The number of ether oxygens (including phenoxy) is 1. The van der Waals surface area contributed by atoms with Crippen LogP contribution in [0.25, 0.3) is 5.69 Å². The zero-order valence-electron chi connectivity index (χ0n) is 14.5. The molecule has 0 spiro atoms. The molecule has 4 heterocycles. The maximum Gasteiger partial charge on any atom is 0.260 e. The van der Waals surface area contributed by atoms with Crippen LogP contribution in [0.3, 0.4) is 0 Å². The van der Waals surface area contributed by atoms with Crippen LogP contribution in [0.4, 0.5) is 0 Å². The molecule has 5 rings (SSSR count). The highest BCUT2D eigenvalue weighted by Gasteiger charge is 2.40. The molecule has 2 atom stereocenters. The summed E-state index contributed by atoms with van der Waals surface area (Å²) in [6.07, 6.45) is 3.29. The number of likely N-dealkylation sites (N-methyl/N-ethyl adjacent to an activating group) is 1. The Morgan fingerprint density at radius 1 is 1.31 bits per heavy atom. The second kappa shape index (κ2) is 6.74. The Labute approximate surface area is 150 Å². The largest absolute Gasteiger partial charge is 0.484 e. The second-order valence-electron chi connectivity index (χ2n) is 6.72. The highest BCUT2D eigenvalue weighted by atomic mass is 16.5. The molecule has 0 N–H and O–H groups in total. The quantitative estimate of drug-likeness (QED) is 0.772. The molecule has 1 aromatic carbocycles. The van der Waals surface area contributed by atoms with Gasteiger partial charge in [-0.15, -0.1) is 5.10 Å². The number of benzene rings is 1. The lowest BCUT2D eigenvalue weighted by molar-refractivity contribution is -0.138. The van der Waals surface area contributed by atoms with E-state index >= 15 is 0 Å². The molecule has 26 heavy (non-hydrogen) atoms. The minimum Gasteiger partial charge on any atom is -0.484 e. The van der Waals surface area contributed by atoms with Crippen molar-refractivity contribution in [2.45, 2.75) is 18.9 Å². The summed E-state index contributed by atoms with van der Waals surface area (Å²) in [5.74, 6) is 0.521. The lowest BCUT2D eigenvalue weighted by atomic mass is 9.95. The van der Waals surface area contributed by atoms with Crippen molar-refractivity contribution in [2.75, 3.05) is 26.7 Å². The first-order valence-corrected chi connectivity index (χ1v) is 8.62. The number of nitrogens with zero attached hydrogens (tertiary/aromatic N) is 6. The third kappa shape index (κ3) is 3.12. The first-order valence-electron chi connectivity index (χ1n) is 8.62. The van der Waals surface area contributed by atoms with Gasteiger partial charge in [0.05, 0.1) is 11.6 Å². The van der Waals surface area contributed by atoms with Gasteiger partial charge in [0.25, 0.3) is 5.91 Å². The zero-order valence-corrected chi connectivity index (χ0v) is 14.5. The Bertz CT molecular complexity index is 809. The maximum atomic E-state index is 12.6. The summed E-state index contributed by atoms with van der Waals surface area (Å²) in [6.45, 7) is 0.995. The monoisotopic (exact) mass is 356 g/mol. The van der Waals surface area contributed by atoms with Crippen molar-refractivity contribution in [1.29, 1.82) is 0 Å². The molecule has 1 aromatic heterocycles. The van der Waals surface area contributed by atoms with Crippen LogP contribution in [-0.4, -0.2) is 74.6 Å². The van der Waals surface area contributed by atoms with Gasteiger partial charge in [-0.05, 0) is 35.4 Å². The summed E-state index contributed by atoms with van der Waals surface area (Å²) in [5, 5.41) is 11.0. The first-order chi connectivity index (χ1) is 12.6. The molecular formula is C17H20N6O3. The molecular weight excluding hydrogens is 336 g/mol. The molecule has 0 radical (unpaired) electrons. The second-order valence-corrected chi connectivity index (χ2v) is 6.72. The number of aromatic nitrogens is 4. The summed E-state index contributed by atoms with van der Waals surface area (Å²) >= 11 is 0. The summed E-state index contributed by atoms with van der Waals surface area (Å²) in [5.41, 5.74) is 0.750. The van der Waals surface area contributed by atoms with Crippen LogP contribution in [0.15, 0.2) is 30.6 Å². The van der Waals surface area contributed by atoms with E-state index in [1.54, 1.807) is 21.9 Å². The van der Waals surface area contributed by atoms with Gasteiger partial charge in [-0.2, -0.15) is 0 Å². The summed E-state index contributed by atoms with van der Waals surface area (Å²) in [6, 6.07) is 7.32. The number of tetrazole rings is 1. The van der Waals surface area contributed by atoms with E-state index in [1.807, 2.05) is 19.2 Å². The van der Waals surface area contributed by atoms with Gasteiger partial charge < -0.3 is 14.5 Å². The summed E-state index contributed by atoms with van der Waals surface area (Å²) < 4.78 is 7.19. The number of rotatable bonds is 4. The maximum absolute atomic E-state index is 12.6. The SMILES string of the molecule is CN1C(=O)[C@H]2CC[C@@H]1CN(C(=O)COc1cccc(-n3cnnn3)c1)C2. The van der Waals surface area contributed by atoms with E-state index in [0.717, 1.165) is 18.5 Å². The van der Waals surface area contributed by atoms with Crippen LogP contribution in [0.1, 0.15) is 12.8 Å². The molecule has 3 fully saturated rings. The first kappa shape index (κ1) is 16.5. The third-order valence-electron chi connectivity index (χ3n) is 5.11. The van der Waals surface area contributed by atoms with Gasteiger partial charge in [-0.3, -0.25) is 9.59 Å².